The van der Waals surface area contributed by atoms with E-state index in [-0.39, 0.29) is 12.5 Å². The molecule has 0 aliphatic heterocycles. The molecule has 0 fully saturated rings. The predicted octanol–water partition coefficient (Wildman–Crippen LogP) is 2.08. The van der Waals surface area contributed by atoms with Gasteiger partial charge in [-0.3, -0.25) is 9.89 Å². The molecule has 17 heavy (non-hydrogen) atoms. The normalized spacial score (nSPS) is 9.94. The number of nitrogens with one attached hydrogen (secondary N) is 2. The maximum atomic E-state index is 11.4. The molecule has 0 aliphatic rings. The Morgan fingerprint density at radius 2 is 2.18 bits per heavy atom. The molecular formula is C11H10ClN3O2. The molecule has 0 saturated heterocycles. The zero-order valence-corrected chi connectivity index (χ0v) is 9.57. The van der Waals surface area contributed by atoms with Crippen molar-refractivity contribution < 1.29 is 9.53 Å². The first-order chi connectivity index (χ1) is 8.24. The minimum absolute atomic E-state index is 0.0627. The number of rotatable bonds is 4. The van der Waals surface area contributed by atoms with Crippen LogP contribution in [0.15, 0.2) is 36.7 Å². The Labute approximate surface area is 103 Å². The average molecular weight is 252 g/mol. The molecular weight excluding hydrogens is 242 g/mol. The smallest absolute Gasteiger partial charge is 0.262 e. The first-order valence-electron chi connectivity index (χ1n) is 4.91. The van der Waals surface area contributed by atoms with Crippen LogP contribution in [0.25, 0.3) is 0 Å². The molecule has 0 spiro atoms. The van der Waals surface area contributed by atoms with Crippen LogP contribution in [0, 0.1) is 0 Å². The lowest BCUT2D eigenvalue weighted by molar-refractivity contribution is -0.118. The van der Waals surface area contributed by atoms with E-state index in [1.54, 1.807) is 30.5 Å². The Morgan fingerprint density at radius 1 is 1.41 bits per heavy atom. The van der Waals surface area contributed by atoms with E-state index in [2.05, 4.69) is 15.5 Å². The number of nitrogens with zero attached hydrogens (tertiary/aromatic N) is 1. The number of hydrogen-bond donors (Lipinski definition) is 2. The van der Waals surface area contributed by atoms with Gasteiger partial charge in [0, 0.05) is 11.2 Å². The highest BCUT2D eigenvalue weighted by Gasteiger charge is 2.04. The highest BCUT2D eigenvalue weighted by atomic mass is 35.5. The first-order valence-corrected chi connectivity index (χ1v) is 5.29. The fourth-order valence-electron chi connectivity index (χ4n) is 1.20. The summed E-state index contributed by atoms with van der Waals surface area (Å²) in [6, 6.07) is 6.80. The number of H-pyrrole nitrogens is 1. The summed E-state index contributed by atoms with van der Waals surface area (Å²) in [6.07, 6.45) is 3.10. The number of aromatic amines is 1. The van der Waals surface area contributed by atoms with Gasteiger partial charge in [-0.2, -0.15) is 5.10 Å². The third-order valence-corrected chi connectivity index (χ3v) is 2.22. The second-order valence-electron chi connectivity index (χ2n) is 3.28. The van der Waals surface area contributed by atoms with Crippen LogP contribution in [0.4, 0.5) is 5.69 Å². The molecule has 6 heteroatoms. The van der Waals surface area contributed by atoms with Crippen LogP contribution in [0.2, 0.25) is 5.02 Å². The van der Waals surface area contributed by atoms with Crippen LogP contribution in [0.3, 0.4) is 0 Å². The van der Waals surface area contributed by atoms with Gasteiger partial charge in [0.05, 0.1) is 11.9 Å². The van der Waals surface area contributed by atoms with Gasteiger partial charge in [-0.15, -0.1) is 0 Å². The van der Waals surface area contributed by atoms with Crippen molar-refractivity contribution in [3.63, 3.8) is 0 Å². The molecule has 0 radical (unpaired) electrons. The fourth-order valence-corrected chi connectivity index (χ4v) is 1.32. The predicted molar refractivity (Wildman–Crippen MR) is 64.2 cm³/mol. The largest absolute Gasteiger partial charge is 0.484 e. The van der Waals surface area contributed by atoms with E-state index in [0.717, 1.165) is 0 Å². The quantitative estimate of drug-likeness (QED) is 0.874. The van der Waals surface area contributed by atoms with E-state index >= 15 is 0 Å². The summed E-state index contributed by atoms with van der Waals surface area (Å²) < 4.78 is 5.27. The summed E-state index contributed by atoms with van der Waals surface area (Å²) >= 11 is 5.72. The molecule has 0 atom stereocenters. The van der Waals surface area contributed by atoms with E-state index in [0.29, 0.717) is 16.5 Å². The van der Waals surface area contributed by atoms with E-state index in [1.165, 1.54) is 6.20 Å². The lowest BCUT2D eigenvalue weighted by Crippen LogP contribution is -2.19. The van der Waals surface area contributed by atoms with Gasteiger partial charge >= 0.3 is 0 Å². The van der Waals surface area contributed by atoms with Crippen LogP contribution < -0.4 is 10.1 Å². The minimum atomic E-state index is -0.249. The number of amides is 1. The van der Waals surface area contributed by atoms with Crippen LogP contribution in [-0.4, -0.2) is 22.7 Å². The highest BCUT2D eigenvalue weighted by Crippen LogP contribution is 2.15. The van der Waals surface area contributed by atoms with Gasteiger partial charge in [0.15, 0.2) is 6.61 Å². The van der Waals surface area contributed by atoms with Crippen molar-refractivity contribution in [1.29, 1.82) is 0 Å². The van der Waals surface area contributed by atoms with Crippen molar-refractivity contribution in [2.75, 3.05) is 11.9 Å². The number of aromatic nitrogens is 2. The molecule has 88 valence electrons. The molecule has 1 aromatic heterocycles. The molecule has 1 heterocycles. The molecule has 1 amide bonds. The van der Waals surface area contributed by atoms with Crippen molar-refractivity contribution in [2.24, 2.45) is 0 Å². The van der Waals surface area contributed by atoms with Gasteiger partial charge in [0.25, 0.3) is 5.91 Å². The highest BCUT2D eigenvalue weighted by molar-refractivity contribution is 6.30. The molecule has 0 unspecified atom stereocenters. The Balaban J connectivity index is 1.82. The van der Waals surface area contributed by atoms with Crippen LogP contribution in [0.5, 0.6) is 5.75 Å². The zero-order chi connectivity index (χ0) is 12.1. The zero-order valence-electron chi connectivity index (χ0n) is 8.81. The Morgan fingerprint density at radius 3 is 2.82 bits per heavy atom. The van der Waals surface area contributed by atoms with E-state index in [4.69, 9.17) is 16.3 Å². The number of anilines is 1. The summed E-state index contributed by atoms with van der Waals surface area (Å²) in [6.45, 7) is -0.0627. The summed E-state index contributed by atoms with van der Waals surface area (Å²) in [7, 11) is 0. The van der Waals surface area contributed by atoms with Gasteiger partial charge in [0.1, 0.15) is 5.75 Å². The van der Waals surface area contributed by atoms with E-state index in [1.807, 2.05) is 0 Å². The standard InChI is InChI=1S/C11H10ClN3O2/c12-8-1-3-10(4-2-8)17-7-11(16)15-9-5-13-14-6-9/h1-6H,7H2,(H,13,14)(H,15,16). The van der Waals surface area contributed by atoms with Crippen LogP contribution >= 0.6 is 11.6 Å². The van der Waals surface area contributed by atoms with Crippen LogP contribution in [0.1, 0.15) is 0 Å². The molecule has 2 N–H and O–H groups in total. The summed E-state index contributed by atoms with van der Waals surface area (Å²) in [5.74, 6) is 0.345. The van der Waals surface area contributed by atoms with Crippen molar-refractivity contribution in [3.8, 4) is 5.75 Å². The van der Waals surface area contributed by atoms with Crippen molar-refractivity contribution in [2.45, 2.75) is 0 Å². The summed E-state index contributed by atoms with van der Waals surface area (Å²) in [4.78, 5) is 11.4. The second-order valence-corrected chi connectivity index (χ2v) is 3.71. The third-order valence-electron chi connectivity index (χ3n) is 1.97. The lowest BCUT2D eigenvalue weighted by Gasteiger charge is -2.05. The monoisotopic (exact) mass is 251 g/mol. The third kappa shape index (κ3) is 3.49. The maximum absolute atomic E-state index is 11.4. The summed E-state index contributed by atoms with van der Waals surface area (Å²) in [5, 5.41) is 9.55. The molecule has 0 bridgehead atoms. The fraction of sp³-hybridized carbons (Fsp3) is 0.0909. The molecule has 2 rings (SSSR count). The number of carbonyl (C=O) groups excluding carboxylic acids is 1. The van der Waals surface area contributed by atoms with E-state index in [9.17, 15) is 4.79 Å². The number of benzene rings is 1. The van der Waals surface area contributed by atoms with Crippen LogP contribution in [-0.2, 0) is 4.79 Å². The van der Waals surface area contributed by atoms with Crippen molar-refractivity contribution in [3.05, 3.63) is 41.7 Å². The lowest BCUT2D eigenvalue weighted by atomic mass is 10.3. The SMILES string of the molecule is O=C(COc1ccc(Cl)cc1)Nc1cn[nH]c1. The Hall–Kier alpha value is -2.01. The van der Waals surface area contributed by atoms with Gasteiger partial charge in [0.2, 0.25) is 0 Å². The Bertz CT molecular complexity index is 482. The number of carbonyl (C=O) groups is 1. The number of halogens is 1. The van der Waals surface area contributed by atoms with Gasteiger partial charge < -0.3 is 10.1 Å². The van der Waals surface area contributed by atoms with Crippen molar-refractivity contribution >= 4 is 23.2 Å². The molecule has 2 aromatic rings. The number of ether oxygens (including phenoxy) is 1. The molecule has 5 nitrogen and oxygen atoms in total. The second kappa shape index (κ2) is 5.36. The molecule has 1 aromatic carbocycles. The molecule has 0 saturated carbocycles. The Kier molecular flexibility index (Phi) is 3.62. The van der Waals surface area contributed by atoms with Gasteiger partial charge in [-0.05, 0) is 24.3 Å². The average Bonchev–Trinajstić information content (AvgIpc) is 2.81. The van der Waals surface area contributed by atoms with Crippen molar-refractivity contribution in [1.82, 2.24) is 10.2 Å². The number of hydrogen-bond acceptors (Lipinski definition) is 3. The minimum Gasteiger partial charge on any atom is -0.484 e. The van der Waals surface area contributed by atoms with Gasteiger partial charge in [-0.1, -0.05) is 11.6 Å². The maximum Gasteiger partial charge on any atom is 0.262 e. The van der Waals surface area contributed by atoms with E-state index < -0.39 is 0 Å². The summed E-state index contributed by atoms with van der Waals surface area (Å²) in [5.41, 5.74) is 0.606. The topological polar surface area (TPSA) is 67.0 Å². The van der Waals surface area contributed by atoms with Gasteiger partial charge in [-0.25, -0.2) is 0 Å². The molecule has 0 aliphatic carbocycles. The first kappa shape index (κ1) is 11.5.